The molecule has 2 amide bonds. The average Bonchev–Trinajstić information content (AvgIpc) is 2.39. The van der Waals surface area contributed by atoms with Gasteiger partial charge >= 0.3 is 6.03 Å². The van der Waals surface area contributed by atoms with Crippen molar-refractivity contribution in [1.82, 2.24) is 3.71 Å². The first-order valence-corrected chi connectivity index (χ1v) is 7.47. The van der Waals surface area contributed by atoms with Gasteiger partial charge in [0.1, 0.15) is 6.61 Å². The molecular weight excluding hydrogens is 270 g/mol. The summed E-state index contributed by atoms with van der Waals surface area (Å²) in [6.07, 6.45) is 3.57. The summed E-state index contributed by atoms with van der Waals surface area (Å²) in [6, 6.07) is 8.97. The Morgan fingerprint density at radius 2 is 1.94 bits per heavy atom. The Labute approximate surface area is 115 Å². The maximum atomic E-state index is 11.6. The molecule has 0 spiro atoms. The van der Waals surface area contributed by atoms with Crippen molar-refractivity contribution in [3.63, 3.8) is 0 Å². The summed E-state index contributed by atoms with van der Waals surface area (Å²) in [5.41, 5.74) is 6.50. The lowest BCUT2D eigenvalue weighted by molar-refractivity contribution is 0.243. The monoisotopic (exact) mass is 285 g/mol. The molecule has 7 heteroatoms. The topological polar surface area (TPSA) is 67.9 Å². The molecule has 1 aromatic rings. The van der Waals surface area contributed by atoms with Crippen LogP contribution in [0.5, 0.6) is 0 Å². The number of nitrogens with two attached hydrogens (primary N) is 1. The first kappa shape index (κ1) is 14.7. The molecule has 1 aromatic carbocycles. The van der Waals surface area contributed by atoms with Gasteiger partial charge in [0.05, 0.1) is 0 Å². The van der Waals surface area contributed by atoms with Gasteiger partial charge in [0, 0.05) is 12.5 Å². The molecule has 0 fully saturated rings. The van der Waals surface area contributed by atoms with Crippen LogP contribution in [-0.2, 0) is 11.3 Å². The number of aliphatic imine (C=N–C) groups is 1. The summed E-state index contributed by atoms with van der Waals surface area (Å²) in [6.45, 7) is 0.294. The molecule has 0 unspecified atom stereocenters. The molecule has 0 aliphatic carbocycles. The van der Waals surface area contributed by atoms with E-state index in [4.69, 9.17) is 10.5 Å². The number of carbonyl (C=O) groups excluding carboxylic acids is 1. The molecule has 0 saturated carbocycles. The summed E-state index contributed by atoms with van der Waals surface area (Å²) in [7, 11) is 0. The smallest absolute Gasteiger partial charge is 0.368 e. The van der Waals surface area contributed by atoms with Gasteiger partial charge < -0.3 is 10.5 Å². The van der Waals surface area contributed by atoms with Crippen LogP contribution >= 0.6 is 23.9 Å². The number of amides is 2. The summed E-state index contributed by atoms with van der Waals surface area (Å²) in [5, 5.41) is 0. The highest BCUT2D eigenvalue weighted by Crippen LogP contribution is 2.17. The van der Waals surface area contributed by atoms with Gasteiger partial charge in [-0.25, -0.2) is 8.51 Å². The standard InChI is InChI=1S/C11H15N3O2S2/c1-17-14(18-2)11(15)13-10(12)16-8-9-6-4-3-5-7-9/h3-7H,8H2,1-2H3,(H2,12,13,15). The van der Waals surface area contributed by atoms with E-state index in [9.17, 15) is 4.79 Å². The van der Waals surface area contributed by atoms with Crippen LogP contribution in [0.25, 0.3) is 0 Å². The van der Waals surface area contributed by atoms with Crippen molar-refractivity contribution >= 4 is 35.9 Å². The van der Waals surface area contributed by atoms with Gasteiger partial charge in [0.25, 0.3) is 6.02 Å². The SMILES string of the molecule is CSN(SC)C(=O)/N=C(\N)OCc1ccccc1. The third-order valence-corrected chi connectivity index (χ3v) is 3.79. The van der Waals surface area contributed by atoms with Crippen LogP contribution in [0.1, 0.15) is 5.56 Å². The molecule has 0 aliphatic rings. The maximum Gasteiger partial charge on any atom is 0.368 e. The number of amidine groups is 1. The van der Waals surface area contributed by atoms with Crippen molar-refractivity contribution in [3.8, 4) is 0 Å². The molecule has 0 saturated heterocycles. The average molecular weight is 285 g/mol. The lowest BCUT2D eigenvalue weighted by Crippen LogP contribution is -2.21. The zero-order valence-corrected chi connectivity index (χ0v) is 11.8. The first-order valence-electron chi connectivity index (χ1n) is 5.10. The molecule has 1 rings (SSSR count). The molecule has 0 heterocycles. The second-order valence-corrected chi connectivity index (χ2v) is 4.82. The van der Waals surface area contributed by atoms with Gasteiger partial charge in [0.2, 0.25) is 0 Å². The van der Waals surface area contributed by atoms with Gasteiger partial charge in [-0.05, 0) is 29.5 Å². The minimum atomic E-state index is -0.444. The van der Waals surface area contributed by atoms with E-state index in [-0.39, 0.29) is 6.02 Å². The van der Waals surface area contributed by atoms with Crippen molar-refractivity contribution < 1.29 is 9.53 Å². The Bertz CT molecular complexity index is 408. The molecule has 0 atom stereocenters. The van der Waals surface area contributed by atoms with Gasteiger partial charge in [0.15, 0.2) is 0 Å². The Morgan fingerprint density at radius 3 is 2.50 bits per heavy atom. The molecule has 98 valence electrons. The van der Waals surface area contributed by atoms with Crippen LogP contribution in [0.15, 0.2) is 35.3 Å². The van der Waals surface area contributed by atoms with Crippen molar-refractivity contribution in [2.24, 2.45) is 10.7 Å². The summed E-state index contributed by atoms with van der Waals surface area (Å²) >= 11 is 2.53. The molecule has 0 aromatic heterocycles. The first-order chi connectivity index (χ1) is 8.67. The van der Waals surface area contributed by atoms with Crippen LogP contribution in [-0.4, -0.2) is 28.3 Å². The Balaban J connectivity index is 2.49. The summed E-state index contributed by atoms with van der Waals surface area (Å²) in [5.74, 6) is 0. The minimum absolute atomic E-state index is 0.128. The Kier molecular flexibility index (Phi) is 6.45. The van der Waals surface area contributed by atoms with Gasteiger partial charge in [-0.15, -0.1) is 4.99 Å². The largest absolute Gasteiger partial charge is 0.460 e. The number of hydrogen-bond acceptors (Lipinski definition) is 4. The van der Waals surface area contributed by atoms with Crippen LogP contribution in [0.3, 0.4) is 0 Å². The highest BCUT2D eigenvalue weighted by atomic mass is 32.2. The van der Waals surface area contributed by atoms with Crippen molar-refractivity contribution in [3.05, 3.63) is 35.9 Å². The van der Waals surface area contributed by atoms with E-state index in [0.29, 0.717) is 6.61 Å². The van der Waals surface area contributed by atoms with Gasteiger partial charge in [-0.2, -0.15) is 0 Å². The number of rotatable bonds is 4. The second kappa shape index (κ2) is 7.88. The van der Waals surface area contributed by atoms with E-state index < -0.39 is 6.03 Å². The number of carbonyl (C=O) groups is 1. The van der Waals surface area contributed by atoms with Crippen LogP contribution in [0.4, 0.5) is 4.79 Å². The summed E-state index contributed by atoms with van der Waals surface area (Å²) < 4.78 is 6.60. The molecule has 5 nitrogen and oxygen atoms in total. The lowest BCUT2D eigenvalue weighted by atomic mass is 10.2. The predicted octanol–water partition coefficient (Wildman–Crippen LogP) is 2.50. The summed E-state index contributed by atoms with van der Waals surface area (Å²) in [4.78, 5) is 15.2. The molecule has 2 N–H and O–H groups in total. The Hall–Kier alpha value is -1.34. The number of nitrogens with zero attached hydrogens (tertiary/aromatic N) is 2. The van der Waals surface area contributed by atoms with E-state index in [1.165, 1.54) is 27.6 Å². The zero-order valence-electron chi connectivity index (χ0n) is 10.2. The fourth-order valence-electron chi connectivity index (χ4n) is 1.13. The van der Waals surface area contributed by atoms with E-state index in [1.54, 1.807) is 12.5 Å². The van der Waals surface area contributed by atoms with Crippen molar-refractivity contribution in [1.29, 1.82) is 0 Å². The van der Waals surface area contributed by atoms with E-state index in [0.717, 1.165) is 5.56 Å². The molecule has 0 aliphatic heterocycles. The zero-order chi connectivity index (χ0) is 13.4. The van der Waals surface area contributed by atoms with Crippen LogP contribution < -0.4 is 5.73 Å². The lowest BCUT2D eigenvalue weighted by Gasteiger charge is -2.12. The number of benzene rings is 1. The number of hydrogen-bond donors (Lipinski definition) is 1. The van der Waals surface area contributed by atoms with E-state index >= 15 is 0 Å². The molecule has 0 radical (unpaired) electrons. The third kappa shape index (κ3) is 4.89. The Morgan fingerprint density at radius 1 is 1.33 bits per heavy atom. The van der Waals surface area contributed by atoms with E-state index in [2.05, 4.69) is 4.99 Å². The number of ether oxygens (including phenoxy) is 1. The predicted molar refractivity (Wildman–Crippen MR) is 77.1 cm³/mol. The quantitative estimate of drug-likeness (QED) is 0.523. The third-order valence-electron chi connectivity index (χ3n) is 1.92. The molecule has 18 heavy (non-hydrogen) atoms. The second-order valence-electron chi connectivity index (χ2n) is 3.13. The highest BCUT2D eigenvalue weighted by molar-refractivity contribution is 8.12. The molecule has 0 bridgehead atoms. The van der Waals surface area contributed by atoms with Crippen molar-refractivity contribution in [2.45, 2.75) is 6.61 Å². The van der Waals surface area contributed by atoms with Gasteiger partial charge in [-0.1, -0.05) is 30.3 Å². The fraction of sp³-hybridized carbons (Fsp3) is 0.273. The highest BCUT2D eigenvalue weighted by Gasteiger charge is 2.11. The fourth-order valence-corrected chi connectivity index (χ4v) is 2.12. The molecular formula is C11H15N3O2S2. The van der Waals surface area contributed by atoms with E-state index in [1.807, 2.05) is 30.3 Å². The van der Waals surface area contributed by atoms with Crippen molar-refractivity contribution in [2.75, 3.05) is 12.5 Å². The van der Waals surface area contributed by atoms with Gasteiger partial charge in [-0.3, -0.25) is 0 Å². The minimum Gasteiger partial charge on any atom is -0.460 e. The van der Waals surface area contributed by atoms with Crippen LogP contribution in [0, 0.1) is 0 Å². The maximum absolute atomic E-state index is 11.6. The normalized spacial score (nSPS) is 11.1. The van der Waals surface area contributed by atoms with Crippen LogP contribution in [0.2, 0.25) is 0 Å². The number of urea groups is 1.